The molecule has 2 aliphatic rings. The summed E-state index contributed by atoms with van der Waals surface area (Å²) in [7, 11) is 3.14. The van der Waals surface area contributed by atoms with Gasteiger partial charge < -0.3 is 30.3 Å². The number of primary amides is 1. The number of methoxy groups -OCH3 is 2. The first-order valence-corrected chi connectivity index (χ1v) is 12.5. The molecule has 196 valence electrons. The third-order valence-electron chi connectivity index (χ3n) is 6.75. The highest BCUT2D eigenvalue weighted by Crippen LogP contribution is 2.29. The lowest BCUT2D eigenvalue weighted by molar-refractivity contribution is -0.125. The van der Waals surface area contributed by atoms with E-state index in [-0.39, 0.29) is 23.2 Å². The number of hydrogen-bond acceptors (Lipinski definition) is 7. The lowest BCUT2D eigenvalue weighted by atomic mass is 10.1. The molecular formula is C27H34N6O4. The Morgan fingerprint density at radius 2 is 1.86 bits per heavy atom. The van der Waals surface area contributed by atoms with Crippen LogP contribution in [-0.2, 0) is 4.79 Å². The van der Waals surface area contributed by atoms with E-state index in [9.17, 15) is 9.59 Å². The monoisotopic (exact) mass is 506 g/mol. The van der Waals surface area contributed by atoms with Crippen molar-refractivity contribution < 1.29 is 19.1 Å². The highest BCUT2D eigenvalue weighted by atomic mass is 16.5. The van der Waals surface area contributed by atoms with E-state index < -0.39 is 5.91 Å². The van der Waals surface area contributed by atoms with Crippen molar-refractivity contribution in [3.63, 3.8) is 0 Å². The molecule has 2 aromatic rings. The fraction of sp³-hybridized carbons (Fsp3) is 0.444. The molecule has 2 fully saturated rings. The van der Waals surface area contributed by atoms with Gasteiger partial charge in [-0.25, -0.2) is 4.68 Å². The Morgan fingerprint density at radius 1 is 1.16 bits per heavy atom. The van der Waals surface area contributed by atoms with Crippen LogP contribution in [0.5, 0.6) is 11.5 Å². The lowest BCUT2D eigenvalue weighted by Crippen LogP contribution is -2.29. The summed E-state index contributed by atoms with van der Waals surface area (Å²) in [5, 5.41) is 8.13. The largest absolute Gasteiger partial charge is 0.497 e. The van der Waals surface area contributed by atoms with Gasteiger partial charge in [0.05, 0.1) is 20.3 Å². The van der Waals surface area contributed by atoms with Crippen LogP contribution in [0.15, 0.2) is 30.9 Å². The van der Waals surface area contributed by atoms with Crippen LogP contribution in [0.3, 0.4) is 0 Å². The van der Waals surface area contributed by atoms with Crippen LogP contribution in [0, 0.1) is 11.8 Å². The van der Waals surface area contributed by atoms with Crippen LogP contribution in [0.1, 0.15) is 46.9 Å². The number of amides is 2. The topological polar surface area (TPSA) is 115 Å². The smallest absolute Gasteiger partial charge is 0.255 e. The molecule has 10 heteroatoms. The van der Waals surface area contributed by atoms with Gasteiger partial charge in [-0.1, -0.05) is 12.5 Å². The number of hydrogen-bond donors (Lipinski definition) is 2. The number of rotatable bonds is 9. The van der Waals surface area contributed by atoms with Crippen LogP contribution in [0.25, 0.3) is 0 Å². The highest BCUT2D eigenvalue weighted by molar-refractivity contribution is 6.00. The maximum absolute atomic E-state index is 12.7. The molecular weight excluding hydrogens is 472 g/mol. The highest BCUT2D eigenvalue weighted by Gasteiger charge is 2.31. The van der Waals surface area contributed by atoms with Crippen molar-refractivity contribution in [3.05, 3.63) is 47.7 Å². The molecule has 2 aliphatic heterocycles. The van der Waals surface area contributed by atoms with Crippen molar-refractivity contribution in [2.45, 2.75) is 25.3 Å². The Balaban J connectivity index is 1.69. The zero-order chi connectivity index (χ0) is 26.4. The summed E-state index contributed by atoms with van der Waals surface area (Å²) in [5.74, 6) is 7.11. The van der Waals surface area contributed by atoms with Crippen LogP contribution >= 0.6 is 0 Å². The van der Waals surface area contributed by atoms with Crippen molar-refractivity contribution in [2.24, 2.45) is 5.73 Å². The average molecular weight is 507 g/mol. The number of ether oxygens (including phenoxy) is 2. The third kappa shape index (κ3) is 6.06. The maximum atomic E-state index is 12.7. The molecule has 3 heterocycles. The van der Waals surface area contributed by atoms with Crippen LogP contribution < -0.4 is 20.5 Å². The van der Waals surface area contributed by atoms with Gasteiger partial charge in [0.2, 0.25) is 5.91 Å². The fourth-order valence-corrected chi connectivity index (χ4v) is 4.81. The molecule has 1 unspecified atom stereocenters. The minimum absolute atomic E-state index is 0.122. The number of nitrogens with zero attached hydrogens (tertiary/aromatic N) is 4. The summed E-state index contributed by atoms with van der Waals surface area (Å²) < 4.78 is 12.4. The number of nitrogens with two attached hydrogens (primary N) is 1. The molecule has 3 N–H and O–H groups in total. The Labute approximate surface area is 217 Å². The molecule has 0 saturated carbocycles. The first-order chi connectivity index (χ1) is 17.9. The molecule has 0 aliphatic carbocycles. The molecule has 37 heavy (non-hydrogen) atoms. The number of likely N-dealkylation sites (tertiary alicyclic amines) is 2. The van der Waals surface area contributed by atoms with E-state index in [2.05, 4.69) is 28.6 Å². The number of anilines is 1. The second-order valence-corrected chi connectivity index (χ2v) is 9.14. The summed E-state index contributed by atoms with van der Waals surface area (Å²) in [6.45, 7) is 8.27. The summed E-state index contributed by atoms with van der Waals surface area (Å²) in [4.78, 5) is 28.9. The molecule has 0 radical (unpaired) electrons. The van der Waals surface area contributed by atoms with Crippen molar-refractivity contribution in [2.75, 3.05) is 58.8 Å². The SMILES string of the molecule is C=CC(=O)N1CCC(n2nc(C#Cc3cc(OC)cc(OC)c3)c(C(N)=O)c2NCCN2CCCC2)C1. The Morgan fingerprint density at radius 3 is 2.49 bits per heavy atom. The predicted octanol–water partition coefficient (Wildman–Crippen LogP) is 1.87. The zero-order valence-corrected chi connectivity index (χ0v) is 21.5. The summed E-state index contributed by atoms with van der Waals surface area (Å²) >= 11 is 0. The van der Waals surface area contributed by atoms with Crippen LogP contribution in [0.4, 0.5) is 5.82 Å². The first kappa shape index (κ1) is 26.1. The Bertz CT molecular complexity index is 1200. The third-order valence-corrected chi connectivity index (χ3v) is 6.75. The van der Waals surface area contributed by atoms with Crippen molar-refractivity contribution in [1.29, 1.82) is 0 Å². The van der Waals surface area contributed by atoms with Crippen molar-refractivity contribution in [3.8, 4) is 23.3 Å². The number of benzene rings is 1. The second kappa shape index (κ2) is 11.8. The standard InChI is InChI=1S/C27H34N6O4/c1-4-24(34)32-13-9-20(18-32)33-27(29-10-14-31-11-5-6-12-31)25(26(28)35)23(30-33)8-7-19-15-21(36-2)17-22(16-19)37-3/h4,15-17,20,29H,1,5-6,9-14,18H2,2-3H3,(H2,28,35). The average Bonchev–Trinajstić information content (AvgIpc) is 3.67. The normalized spacial score (nSPS) is 17.2. The maximum Gasteiger partial charge on any atom is 0.255 e. The zero-order valence-electron chi connectivity index (χ0n) is 21.5. The molecule has 0 spiro atoms. The van der Waals surface area contributed by atoms with Crippen molar-refractivity contribution >= 4 is 17.6 Å². The molecule has 1 aromatic carbocycles. The lowest BCUT2D eigenvalue weighted by Gasteiger charge is -2.19. The van der Waals surface area contributed by atoms with Gasteiger partial charge in [0.15, 0.2) is 5.69 Å². The molecule has 10 nitrogen and oxygen atoms in total. The van der Waals surface area contributed by atoms with Gasteiger partial charge in [-0.2, -0.15) is 5.10 Å². The number of carbonyl (C=O) groups is 2. The predicted molar refractivity (Wildman–Crippen MR) is 141 cm³/mol. The summed E-state index contributed by atoms with van der Waals surface area (Å²) in [6, 6.07) is 5.19. The number of nitrogens with one attached hydrogen (secondary N) is 1. The number of aromatic nitrogens is 2. The molecule has 4 rings (SSSR count). The van der Waals surface area contributed by atoms with E-state index in [1.807, 2.05) is 0 Å². The van der Waals surface area contributed by atoms with Crippen LogP contribution in [0.2, 0.25) is 0 Å². The van der Waals surface area contributed by atoms with E-state index in [1.54, 1.807) is 42.0 Å². The van der Waals surface area contributed by atoms with E-state index in [0.29, 0.717) is 48.9 Å². The molecule has 0 bridgehead atoms. The van der Waals surface area contributed by atoms with Crippen LogP contribution in [-0.4, -0.2) is 84.9 Å². The Hall–Kier alpha value is -3.97. The van der Waals surface area contributed by atoms with E-state index >= 15 is 0 Å². The van der Waals surface area contributed by atoms with E-state index in [1.165, 1.54) is 18.9 Å². The van der Waals surface area contributed by atoms with Crippen molar-refractivity contribution in [1.82, 2.24) is 19.6 Å². The van der Waals surface area contributed by atoms with E-state index in [4.69, 9.17) is 20.3 Å². The van der Waals surface area contributed by atoms with Gasteiger partial charge in [-0.05, 0) is 56.5 Å². The minimum Gasteiger partial charge on any atom is -0.497 e. The van der Waals surface area contributed by atoms with Gasteiger partial charge in [-0.15, -0.1) is 0 Å². The fourth-order valence-electron chi connectivity index (χ4n) is 4.81. The van der Waals surface area contributed by atoms with Gasteiger partial charge >= 0.3 is 0 Å². The summed E-state index contributed by atoms with van der Waals surface area (Å²) in [5.41, 5.74) is 7.03. The van der Waals surface area contributed by atoms with Gasteiger partial charge in [0.1, 0.15) is 22.9 Å². The first-order valence-electron chi connectivity index (χ1n) is 12.5. The quantitative estimate of drug-likeness (QED) is 0.394. The van der Waals surface area contributed by atoms with Gasteiger partial charge in [-0.3, -0.25) is 9.59 Å². The molecule has 1 atom stereocenters. The van der Waals surface area contributed by atoms with E-state index in [0.717, 1.165) is 19.6 Å². The van der Waals surface area contributed by atoms with Gasteiger partial charge in [0.25, 0.3) is 5.91 Å². The summed E-state index contributed by atoms with van der Waals surface area (Å²) in [6.07, 6.45) is 4.41. The molecule has 2 saturated heterocycles. The van der Waals surface area contributed by atoms with Gasteiger partial charge in [0, 0.05) is 37.8 Å². The number of carbonyl (C=O) groups excluding carboxylic acids is 2. The molecule has 2 amide bonds. The molecule has 1 aromatic heterocycles. The second-order valence-electron chi connectivity index (χ2n) is 9.14. The Kier molecular flexibility index (Phi) is 8.36. The minimum atomic E-state index is -0.612.